The van der Waals surface area contributed by atoms with Gasteiger partial charge >= 0.3 is 5.97 Å². The minimum absolute atomic E-state index is 0.643. The molecular formula is C12H14O2S. The molecule has 1 N–H and O–H groups in total. The summed E-state index contributed by atoms with van der Waals surface area (Å²) >= 11 is 1.56. The molecule has 0 aliphatic carbocycles. The van der Waals surface area contributed by atoms with E-state index in [0.717, 1.165) is 17.7 Å². The van der Waals surface area contributed by atoms with Gasteiger partial charge in [-0.1, -0.05) is 31.2 Å². The van der Waals surface area contributed by atoms with Crippen LogP contribution < -0.4 is 0 Å². The molecule has 2 nitrogen and oxygen atoms in total. The molecule has 80 valence electrons. The Hall–Kier alpha value is -0.960. The largest absolute Gasteiger partial charge is 0.480 e. The van der Waals surface area contributed by atoms with Crippen molar-refractivity contribution in [3.63, 3.8) is 0 Å². The van der Waals surface area contributed by atoms with Crippen molar-refractivity contribution in [2.24, 2.45) is 0 Å². The fourth-order valence-electron chi connectivity index (χ4n) is 2.17. The average molecular weight is 222 g/mol. The SMILES string of the molecule is CCC1(C(=O)O)SCCc2ccccc21. The molecule has 1 aromatic rings. The van der Waals surface area contributed by atoms with Crippen molar-refractivity contribution in [2.45, 2.75) is 24.5 Å². The molecule has 0 saturated heterocycles. The average Bonchev–Trinajstić information content (AvgIpc) is 2.28. The summed E-state index contributed by atoms with van der Waals surface area (Å²) in [5.41, 5.74) is 2.19. The third-order valence-electron chi connectivity index (χ3n) is 3.02. The zero-order chi connectivity index (χ0) is 10.9. The number of fused-ring (bicyclic) bond motifs is 1. The summed E-state index contributed by atoms with van der Waals surface area (Å²) in [5.74, 6) is 0.194. The summed E-state index contributed by atoms with van der Waals surface area (Å²) < 4.78 is -0.713. The van der Waals surface area contributed by atoms with Gasteiger partial charge in [-0.25, -0.2) is 0 Å². The number of carboxylic acid groups (broad SMARTS) is 1. The number of thioether (sulfide) groups is 1. The Kier molecular flexibility index (Phi) is 2.74. The highest BCUT2D eigenvalue weighted by Crippen LogP contribution is 2.45. The number of hydrogen-bond acceptors (Lipinski definition) is 2. The Morgan fingerprint density at radius 2 is 2.27 bits per heavy atom. The van der Waals surface area contributed by atoms with E-state index in [1.165, 1.54) is 5.56 Å². The van der Waals surface area contributed by atoms with Gasteiger partial charge in [0, 0.05) is 0 Å². The van der Waals surface area contributed by atoms with E-state index in [-0.39, 0.29) is 0 Å². The van der Waals surface area contributed by atoms with Crippen molar-refractivity contribution in [2.75, 3.05) is 5.75 Å². The molecule has 0 bridgehead atoms. The molecule has 0 amide bonds. The van der Waals surface area contributed by atoms with Crippen molar-refractivity contribution >= 4 is 17.7 Å². The Bertz CT molecular complexity index is 389. The first kappa shape index (κ1) is 10.6. The van der Waals surface area contributed by atoms with Gasteiger partial charge in [-0.05, 0) is 29.7 Å². The topological polar surface area (TPSA) is 37.3 Å². The van der Waals surface area contributed by atoms with Gasteiger partial charge in [-0.2, -0.15) is 0 Å². The predicted octanol–water partition coefficient (Wildman–Crippen LogP) is 2.67. The van der Waals surface area contributed by atoms with Gasteiger partial charge < -0.3 is 5.11 Å². The molecule has 1 atom stereocenters. The van der Waals surface area contributed by atoms with Gasteiger partial charge in [-0.3, -0.25) is 4.79 Å². The van der Waals surface area contributed by atoms with Crippen LogP contribution in [-0.2, 0) is 16.0 Å². The fraction of sp³-hybridized carbons (Fsp3) is 0.417. The number of carbonyl (C=O) groups is 1. The first-order valence-electron chi connectivity index (χ1n) is 5.16. The smallest absolute Gasteiger partial charge is 0.324 e. The maximum Gasteiger partial charge on any atom is 0.324 e. The van der Waals surface area contributed by atoms with Crippen LogP contribution in [0, 0.1) is 0 Å². The Labute approximate surface area is 93.7 Å². The number of carboxylic acids is 1. The van der Waals surface area contributed by atoms with Crippen LogP contribution in [0.2, 0.25) is 0 Å². The molecule has 0 saturated carbocycles. The lowest BCUT2D eigenvalue weighted by atomic mass is 9.89. The van der Waals surface area contributed by atoms with E-state index < -0.39 is 10.7 Å². The van der Waals surface area contributed by atoms with Gasteiger partial charge in [0.25, 0.3) is 0 Å². The zero-order valence-corrected chi connectivity index (χ0v) is 9.51. The van der Waals surface area contributed by atoms with Crippen molar-refractivity contribution in [3.05, 3.63) is 35.4 Å². The van der Waals surface area contributed by atoms with Crippen LogP contribution in [0.15, 0.2) is 24.3 Å². The van der Waals surface area contributed by atoms with E-state index in [1.807, 2.05) is 31.2 Å². The molecule has 15 heavy (non-hydrogen) atoms. The van der Waals surface area contributed by atoms with E-state index in [4.69, 9.17) is 0 Å². The third-order valence-corrected chi connectivity index (χ3v) is 4.60. The highest BCUT2D eigenvalue weighted by atomic mass is 32.2. The maximum atomic E-state index is 11.4. The minimum Gasteiger partial charge on any atom is -0.480 e. The van der Waals surface area contributed by atoms with Crippen LogP contribution >= 0.6 is 11.8 Å². The maximum absolute atomic E-state index is 11.4. The van der Waals surface area contributed by atoms with Gasteiger partial charge in [0.15, 0.2) is 0 Å². The second-order valence-corrected chi connectivity index (χ2v) is 5.14. The van der Waals surface area contributed by atoms with Crippen molar-refractivity contribution in [1.82, 2.24) is 0 Å². The van der Waals surface area contributed by atoms with Crippen LogP contribution in [0.1, 0.15) is 24.5 Å². The van der Waals surface area contributed by atoms with Crippen molar-refractivity contribution < 1.29 is 9.90 Å². The van der Waals surface area contributed by atoms with Crippen LogP contribution in [-0.4, -0.2) is 16.8 Å². The molecule has 2 rings (SSSR count). The first-order chi connectivity index (χ1) is 7.20. The minimum atomic E-state index is -0.713. The van der Waals surface area contributed by atoms with E-state index in [0.29, 0.717) is 6.42 Å². The Morgan fingerprint density at radius 3 is 2.93 bits per heavy atom. The van der Waals surface area contributed by atoms with Gasteiger partial charge in [0.1, 0.15) is 4.75 Å². The van der Waals surface area contributed by atoms with Crippen LogP contribution in [0.25, 0.3) is 0 Å². The van der Waals surface area contributed by atoms with Gasteiger partial charge in [0.2, 0.25) is 0 Å². The normalized spacial score (nSPS) is 24.6. The van der Waals surface area contributed by atoms with Crippen LogP contribution in [0.4, 0.5) is 0 Å². The molecule has 0 spiro atoms. The standard InChI is InChI=1S/C12H14O2S/c1-2-12(11(13)14)10-6-4-3-5-9(10)7-8-15-12/h3-6H,2,7-8H2,1H3,(H,13,14). The number of benzene rings is 1. The molecule has 0 radical (unpaired) electrons. The highest BCUT2D eigenvalue weighted by molar-refractivity contribution is 8.01. The molecule has 0 fully saturated rings. The molecular weight excluding hydrogens is 208 g/mol. The zero-order valence-electron chi connectivity index (χ0n) is 8.69. The van der Waals surface area contributed by atoms with Crippen molar-refractivity contribution in [1.29, 1.82) is 0 Å². The molecule has 1 unspecified atom stereocenters. The monoisotopic (exact) mass is 222 g/mol. The van der Waals surface area contributed by atoms with E-state index in [1.54, 1.807) is 11.8 Å². The molecule has 1 heterocycles. The predicted molar refractivity (Wildman–Crippen MR) is 62.2 cm³/mol. The summed E-state index contributed by atoms with van der Waals surface area (Å²) in [5, 5.41) is 9.41. The Balaban J connectivity index is 2.57. The van der Waals surface area contributed by atoms with Crippen molar-refractivity contribution in [3.8, 4) is 0 Å². The van der Waals surface area contributed by atoms with E-state index in [2.05, 4.69) is 0 Å². The molecule has 1 aromatic carbocycles. The molecule has 1 aliphatic rings. The molecule has 1 aliphatic heterocycles. The lowest BCUT2D eigenvalue weighted by Gasteiger charge is -2.33. The summed E-state index contributed by atoms with van der Waals surface area (Å²) in [6, 6.07) is 7.91. The second-order valence-electron chi connectivity index (χ2n) is 3.74. The summed E-state index contributed by atoms with van der Waals surface area (Å²) in [6.07, 6.45) is 1.62. The first-order valence-corrected chi connectivity index (χ1v) is 6.15. The summed E-state index contributed by atoms with van der Waals surface area (Å²) in [4.78, 5) is 11.4. The fourth-order valence-corrected chi connectivity index (χ4v) is 3.52. The number of aliphatic carboxylic acids is 1. The summed E-state index contributed by atoms with van der Waals surface area (Å²) in [6.45, 7) is 1.95. The van der Waals surface area contributed by atoms with E-state index in [9.17, 15) is 9.90 Å². The third kappa shape index (κ3) is 1.55. The quantitative estimate of drug-likeness (QED) is 0.836. The Morgan fingerprint density at radius 1 is 1.53 bits per heavy atom. The summed E-state index contributed by atoms with van der Waals surface area (Å²) in [7, 11) is 0. The lowest BCUT2D eigenvalue weighted by molar-refractivity contribution is -0.140. The number of aryl methyl sites for hydroxylation is 1. The van der Waals surface area contributed by atoms with Crippen LogP contribution in [0.5, 0.6) is 0 Å². The number of hydrogen-bond donors (Lipinski definition) is 1. The lowest BCUT2D eigenvalue weighted by Crippen LogP contribution is -2.35. The van der Waals surface area contributed by atoms with Crippen LogP contribution in [0.3, 0.4) is 0 Å². The highest BCUT2D eigenvalue weighted by Gasteiger charge is 2.42. The second kappa shape index (κ2) is 3.89. The number of rotatable bonds is 2. The molecule has 0 aromatic heterocycles. The molecule has 3 heteroatoms. The van der Waals surface area contributed by atoms with E-state index >= 15 is 0 Å². The van der Waals surface area contributed by atoms with Gasteiger partial charge in [0.05, 0.1) is 0 Å². The van der Waals surface area contributed by atoms with Gasteiger partial charge in [-0.15, -0.1) is 11.8 Å².